The van der Waals surface area contributed by atoms with Gasteiger partial charge in [0.1, 0.15) is 5.69 Å². The zero-order chi connectivity index (χ0) is 22.1. The summed E-state index contributed by atoms with van der Waals surface area (Å²) < 4.78 is 9.10. The summed E-state index contributed by atoms with van der Waals surface area (Å²) in [7, 11) is 1.98. The van der Waals surface area contributed by atoms with Crippen LogP contribution in [0.25, 0.3) is 16.7 Å². The summed E-state index contributed by atoms with van der Waals surface area (Å²) in [6.07, 6.45) is 6.15. The number of hydrogen-bond donors (Lipinski definition) is 2. The minimum absolute atomic E-state index is 0.232. The molecule has 1 aromatic carbocycles. The molecule has 0 saturated carbocycles. The minimum Gasteiger partial charge on any atom is -0.389 e. The van der Waals surface area contributed by atoms with Crippen molar-refractivity contribution in [3.63, 3.8) is 0 Å². The van der Waals surface area contributed by atoms with E-state index in [9.17, 15) is 9.90 Å². The molecular formula is C24H25N5O3. The predicted molar refractivity (Wildman–Crippen MR) is 120 cm³/mol. The summed E-state index contributed by atoms with van der Waals surface area (Å²) in [5, 5.41) is 17.3. The van der Waals surface area contributed by atoms with Crippen molar-refractivity contribution in [1.82, 2.24) is 24.6 Å². The van der Waals surface area contributed by atoms with Crippen molar-refractivity contribution in [3.8, 4) is 5.69 Å². The molecule has 0 aliphatic carbocycles. The molecule has 4 heterocycles. The van der Waals surface area contributed by atoms with Gasteiger partial charge in [-0.05, 0) is 54.3 Å². The monoisotopic (exact) mass is 431 g/mol. The molecule has 1 amide bonds. The van der Waals surface area contributed by atoms with Crippen LogP contribution >= 0.6 is 0 Å². The van der Waals surface area contributed by atoms with Gasteiger partial charge in [-0.15, -0.1) is 0 Å². The van der Waals surface area contributed by atoms with E-state index in [0.717, 1.165) is 27.8 Å². The van der Waals surface area contributed by atoms with Crippen LogP contribution in [0.3, 0.4) is 0 Å². The fourth-order valence-electron chi connectivity index (χ4n) is 4.19. The second-order valence-corrected chi connectivity index (χ2v) is 8.13. The number of carbonyl (C=O) groups excluding carboxylic acids is 1. The van der Waals surface area contributed by atoms with Gasteiger partial charge in [-0.2, -0.15) is 5.10 Å². The van der Waals surface area contributed by atoms with Crippen LogP contribution in [0.15, 0.2) is 61.1 Å². The van der Waals surface area contributed by atoms with E-state index in [1.165, 1.54) is 0 Å². The minimum atomic E-state index is -0.707. The van der Waals surface area contributed by atoms with Gasteiger partial charge >= 0.3 is 0 Å². The van der Waals surface area contributed by atoms with E-state index in [2.05, 4.69) is 27.5 Å². The summed E-state index contributed by atoms with van der Waals surface area (Å²) in [5.74, 6) is -0.281. The molecule has 32 heavy (non-hydrogen) atoms. The van der Waals surface area contributed by atoms with Gasteiger partial charge in [-0.1, -0.05) is 12.1 Å². The number of fused-ring (bicyclic) bond motifs is 1. The van der Waals surface area contributed by atoms with Gasteiger partial charge in [0.2, 0.25) is 0 Å². The molecule has 3 aromatic heterocycles. The Morgan fingerprint density at radius 2 is 2.09 bits per heavy atom. The lowest BCUT2D eigenvalue weighted by Gasteiger charge is -2.28. The second kappa shape index (κ2) is 8.57. The second-order valence-electron chi connectivity index (χ2n) is 8.13. The number of hydrogen-bond acceptors (Lipinski definition) is 5. The van der Waals surface area contributed by atoms with Gasteiger partial charge in [-0.3, -0.25) is 4.79 Å². The zero-order valence-corrected chi connectivity index (χ0v) is 17.8. The lowest BCUT2D eigenvalue weighted by atomic mass is 10.0. The van der Waals surface area contributed by atoms with Gasteiger partial charge in [0.15, 0.2) is 0 Å². The molecule has 0 unspecified atom stereocenters. The molecule has 1 aliphatic rings. The number of amides is 1. The third-order valence-electron chi connectivity index (χ3n) is 5.88. The topological polar surface area (TPSA) is 94.2 Å². The molecule has 1 saturated heterocycles. The average Bonchev–Trinajstić information content (AvgIpc) is 3.46. The van der Waals surface area contributed by atoms with Gasteiger partial charge in [0.05, 0.1) is 35.5 Å². The van der Waals surface area contributed by atoms with Crippen LogP contribution in [0, 0.1) is 0 Å². The van der Waals surface area contributed by atoms with Crippen LogP contribution in [0.5, 0.6) is 0 Å². The number of carbonyl (C=O) groups is 1. The smallest absolute Gasteiger partial charge is 0.270 e. The summed E-state index contributed by atoms with van der Waals surface area (Å²) in [6.45, 7) is 0.753. The van der Waals surface area contributed by atoms with E-state index in [1.807, 2.05) is 59.0 Å². The highest BCUT2D eigenvalue weighted by molar-refractivity contribution is 5.95. The molecule has 1 aliphatic heterocycles. The first kappa shape index (κ1) is 20.4. The lowest BCUT2D eigenvalue weighted by Crippen LogP contribution is -2.48. The predicted octanol–water partition coefficient (Wildman–Crippen LogP) is 2.23. The molecule has 0 radical (unpaired) electrons. The highest BCUT2D eigenvalue weighted by atomic mass is 16.5. The first-order valence-corrected chi connectivity index (χ1v) is 10.7. The van der Waals surface area contributed by atoms with Crippen LogP contribution in [0.4, 0.5) is 0 Å². The summed E-state index contributed by atoms with van der Waals surface area (Å²) in [6, 6.07) is 13.5. The molecule has 2 N–H and O–H groups in total. The first-order valence-electron chi connectivity index (χ1n) is 10.7. The molecule has 4 aromatic rings. The van der Waals surface area contributed by atoms with Crippen molar-refractivity contribution in [2.24, 2.45) is 7.05 Å². The normalized spacial score (nSPS) is 18.7. The van der Waals surface area contributed by atoms with E-state index in [1.54, 1.807) is 6.20 Å². The van der Waals surface area contributed by atoms with Crippen molar-refractivity contribution < 1.29 is 14.6 Å². The first-order chi connectivity index (χ1) is 15.6. The molecule has 5 rings (SSSR count). The van der Waals surface area contributed by atoms with Crippen LogP contribution < -0.4 is 5.32 Å². The molecule has 2 atom stereocenters. The van der Waals surface area contributed by atoms with Crippen molar-refractivity contribution in [2.75, 3.05) is 13.2 Å². The van der Waals surface area contributed by atoms with Crippen LogP contribution in [-0.4, -0.2) is 55.7 Å². The Morgan fingerprint density at radius 3 is 2.84 bits per heavy atom. The van der Waals surface area contributed by atoms with Crippen LogP contribution in [0.1, 0.15) is 28.0 Å². The maximum atomic E-state index is 12.9. The number of aliphatic hydroxyl groups excluding tert-OH is 1. The number of ether oxygens (including phenoxy) is 1. The van der Waals surface area contributed by atoms with Gasteiger partial charge in [0, 0.05) is 32.2 Å². The Labute approximate surface area is 185 Å². The number of rotatable bonds is 5. The highest BCUT2D eigenvalue weighted by Crippen LogP contribution is 2.23. The van der Waals surface area contributed by atoms with E-state index < -0.39 is 6.10 Å². The maximum Gasteiger partial charge on any atom is 0.270 e. The van der Waals surface area contributed by atoms with Crippen molar-refractivity contribution in [3.05, 3.63) is 77.9 Å². The Hall–Kier alpha value is -3.49. The molecule has 8 heteroatoms. The zero-order valence-electron chi connectivity index (χ0n) is 17.8. The van der Waals surface area contributed by atoms with Gasteiger partial charge in [0.25, 0.3) is 5.91 Å². The van der Waals surface area contributed by atoms with E-state index in [4.69, 9.17) is 4.74 Å². The molecule has 164 valence electrons. The van der Waals surface area contributed by atoms with Crippen molar-refractivity contribution >= 4 is 16.9 Å². The van der Waals surface area contributed by atoms with E-state index in [0.29, 0.717) is 25.1 Å². The fourth-order valence-corrected chi connectivity index (χ4v) is 4.19. The number of aliphatic hydroxyl groups is 1. The Morgan fingerprint density at radius 1 is 1.25 bits per heavy atom. The third kappa shape index (κ3) is 4.02. The maximum absolute atomic E-state index is 12.9. The number of nitrogens with zero attached hydrogens (tertiary/aromatic N) is 4. The quantitative estimate of drug-likeness (QED) is 0.505. The highest BCUT2D eigenvalue weighted by Gasteiger charge is 2.26. The standard InChI is InChI=1S/C24H25N5O3/c1-28-11-7-20-23(28)17(13-16-3-5-18(6-4-16)29-10-2-9-25-29)14-21(26-20)24(31)27-19-8-12-32-15-22(19)30/h2-7,9-11,14,19,22,30H,8,12-13,15H2,1H3,(H,27,31)/t19-,22-/m0/s1. The fraction of sp³-hybridized carbons (Fsp3) is 0.292. The third-order valence-corrected chi connectivity index (χ3v) is 5.88. The Kier molecular flexibility index (Phi) is 5.46. The average molecular weight is 431 g/mol. The summed E-state index contributed by atoms with van der Waals surface area (Å²) in [4.78, 5) is 17.5. The van der Waals surface area contributed by atoms with Crippen LogP contribution in [0.2, 0.25) is 0 Å². The number of pyridine rings is 1. The molecule has 1 fully saturated rings. The molecular weight excluding hydrogens is 406 g/mol. The van der Waals surface area contributed by atoms with Crippen LogP contribution in [-0.2, 0) is 18.2 Å². The van der Waals surface area contributed by atoms with E-state index in [-0.39, 0.29) is 18.6 Å². The molecule has 0 spiro atoms. The van der Waals surface area contributed by atoms with Crippen molar-refractivity contribution in [1.29, 1.82) is 0 Å². The Balaban J connectivity index is 1.43. The Bertz CT molecular complexity index is 1230. The van der Waals surface area contributed by atoms with Gasteiger partial charge < -0.3 is 19.7 Å². The largest absolute Gasteiger partial charge is 0.389 e. The summed E-state index contributed by atoms with van der Waals surface area (Å²) >= 11 is 0. The number of benzene rings is 1. The number of aryl methyl sites for hydroxylation is 1. The number of aromatic nitrogens is 4. The van der Waals surface area contributed by atoms with Crippen molar-refractivity contribution in [2.45, 2.75) is 25.0 Å². The molecule has 0 bridgehead atoms. The SMILES string of the molecule is Cn1ccc2nc(C(=O)N[C@H]3CCOC[C@@H]3O)cc(Cc3ccc(-n4cccn4)cc3)c21. The van der Waals surface area contributed by atoms with E-state index >= 15 is 0 Å². The number of nitrogens with one attached hydrogen (secondary N) is 1. The van der Waals surface area contributed by atoms with Gasteiger partial charge in [-0.25, -0.2) is 9.67 Å². The molecule has 8 nitrogen and oxygen atoms in total. The summed E-state index contributed by atoms with van der Waals surface area (Å²) in [5.41, 5.74) is 5.27. The lowest BCUT2D eigenvalue weighted by molar-refractivity contribution is -0.0261.